The molecule has 11 nitrogen and oxygen atoms in total. The van der Waals surface area contributed by atoms with E-state index in [-0.39, 0.29) is 63.0 Å². The molecule has 1 aromatic heterocycles. The van der Waals surface area contributed by atoms with E-state index >= 15 is 0 Å². The first-order chi connectivity index (χ1) is 23.0. The molecule has 6 unspecified atom stereocenters. The molecule has 7 atom stereocenters. The van der Waals surface area contributed by atoms with Gasteiger partial charge in [0.25, 0.3) is 5.91 Å². The summed E-state index contributed by atoms with van der Waals surface area (Å²) < 4.78 is 29.5. The van der Waals surface area contributed by atoms with Crippen molar-refractivity contribution < 1.29 is 27.5 Å². The zero-order chi connectivity index (χ0) is 33.5. The predicted molar refractivity (Wildman–Crippen MR) is 184 cm³/mol. The Morgan fingerprint density at radius 3 is 2.29 bits per heavy atom. The molecule has 1 saturated heterocycles. The highest BCUT2D eigenvalue weighted by Gasteiger charge is 2.69. The van der Waals surface area contributed by atoms with E-state index in [2.05, 4.69) is 26.2 Å². The van der Waals surface area contributed by atoms with Crippen LogP contribution in [0.15, 0.2) is 92.0 Å². The number of imide groups is 1. The minimum atomic E-state index is -3.84. The Bertz CT molecular complexity index is 2130. The molecule has 0 radical (unpaired) electrons. The molecule has 3 heterocycles. The Hall–Kier alpha value is -3.76. The number of thiazole rings is 1. The van der Waals surface area contributed by atoms with E-state index in [1.165, 1.54) is 40.5 Å². The van der Waals surface area contributed by atoms with Crippen LogP contribution in [-0.4, -0.2) is 43.0 Å². The second-order valence-electron chi connectivity index (χ2n) is 12.4. The summed E-state index contributed by atoms with van der Waals surface area (Å²) in [6, 6.07) is 20.2. The maximum atomic E-state index is 13.9. The lowest BCUT2D eigenvalue weighted by Gasteiger charge is -2.43. The summed E-state index contributed by atoms with van der Waals surface area (Å²) in [7, 11) is -3.84. The second kappa shape index (κ2) is 11.7. The van der Waals surface area contributed by atoms with Crippen molar-refractivity contribution in [2.75, 3.05) is 16.8 Å². The highest BCUT2D eigenvalue weighted by atomic mass is 79.9. The average Bonchev–Trinajstić information content (AvgIpc) is 3.79. The van der Waals surface area contributed by atoms with Crippen LogP contribution < -0.4 is 25.0 Å². The maximum absolute atomic E-state index is 13.9. The van der Waals surface area contributed by atoms with Crippen LogP contribution in [-0.2, 0) is 24.4 Å². The SMILES string of the molecule is NS(=O)(=O)c1ccc(NC(=O)COc2ccc([C@H]3c4sc(=O)[nH]c4SC4C5CC(C6C(=O)N(c7ccc(Br)cc7)C(=O)C56)C43)cc2)cc1. The number of aromatic amines is 1. The van der Waals surface area contributed by atoms with Crippen LogP contribution in [0.25, 0.3) is 0 Å². The normalized spacial score (nSPS) is 27.0. The van der Waals surface area contributed by atoms with Crippen molar-refractivity contribution in [2.45, 2.75) is 27.5 Å². The van der Waals surface area contributed by atoms with Gasteiger partial charge < -0.3 is 15.0 Å². The first-order valence-electron chi connectivity index (χ1n) is 15.2. The Kier molecular flexibility index (Phi) is 7.67. The number of carbonyl (C=O) groups is 3. The van der Waals surface area contributed by atoms with E-state index in [4.69, 9.17) is 9.88 Å². The topological polar surface area (TPSA) is 169 Å². The van der Waals surface area contributed by atoms with Crippen LogP contribution in [0.3, 0.4) is 0 Å². The van der Waals surface area contributed by atoms with Gasteiger partial charge in [0.1, 0.15) is 5.75 Å². The van der Waals surface area contributed by atoms with E-state index in [1.807, 2.05) is 24.3 Å². The van der Waals surface area contributed by atoms with Gasteiger partial charge in [-0.1, -0.05) is 39.4 Å². The molecule has 48 heavy (non-hydrogen) atoms. The number of nitrogens with two attached hydrogens (primary N) is 1. The largest absolute Gasteiger partial charge is 0.484 e. The summed E-state index contributed by atoms with van der Waals surface area (Å²) in [4.78, 5) is 58.0. The number of hydrogen-bond acceptors (Lipinski definition) is 9. The predicted octanol–water partition coefficient (Wildman–Crippen LogP) is 4.54. The van der Waals surface area contributed by atoms with Gasteiger partial charge in [0.15, 0.2) is 6.61 Å². The molecule has 4 aliphatic rings. The molecule has 2 aliphatic heterocycles. The highest BCUT2D eigenvalue weighted by Crippen LogP contribution is 2.68. The van der Waals surface area contributed by atoms with Gasteiger partial charge in [0.05, 0.1) is 27.4 Å². The third-order valence-corrected chi connectivity index (χ3v) is 13.9. The molecule has 0 spiro atoms. The Morgan fingerprint density at radius 1 is 0.958 bits per heavy atom. The third kappa shape index (κ3) is 5.23. The summed E-state index contributed by atoms with van der Waals surface area (Å²) in [5, 5.41) is 8.68. The van der Waals surface area contributed by atoms with Gasteiger partial charge in [0, 0.05) is 26.2 Å². The van der Waals surface area contributed by atoms with Gasteiger partial charge in [-0.3, -0.25) is 24.1 Å². The zero-order valence-electron chi connectivity index (χ0n) is 24.9. The number of thioether (sulfide) groups is 1. The summed E-state index contributed by atoms with van der Waals surface area (Å²) in [6.07, 6.45) is 0.792. The minimum Gasteiger partial charge on any atom is -0.484 e. The summed E-state index contributed by atoms with van der Waals surface area (Å²) >= 11 is 6.26. The van der Waals surface area contributed by atoms with E-state index in [1.54, 1.807) is 36.0 Å². The molecule has 2 saturated carbocycles. The maximum Gasteiger partial charge on any atom is 0.305 e. The lowest BCUT2D eigenvalue weighted by Crippen LogP contribution is -2.42. The number of ether oxygens (including phenoxy) is 1. The molecular formula is C33H27BrN4O7S3. The molecule has 3 amide bonds. The number of aromatic nitrogens is 1. The van der Waals surface area contributed by atoms with Crippen LogP contribution in [0.1, 0.15) is 22.8 Å². The number of nitrogens with zero attached hydrogens (tertiary/aromatic N) is 1. The molecule has 2 bridgehead atoms. The fraction of sp³-hybridized carbons (Fsp3) is 0.273. The zero-order valence-corrected chi connectivity index (χ0v) is 28.9. The van der Waals surface area contributed by atoms with Crippen LogP contribution >= 0.6 is 39.0 Å². The molecule has 246 valence electrons. The van der Waals surface area contributed by atoms with Crippen molar-refractivity contribution in [3.8, 4) is 5.75 Å². The number of carbonyl (C=O) groups excluding carboxylic acids is 3. The smallest absolute Gasteiger partial charge is 0.305 e. The molecule has 2 aliphatic carbocycles. The van der Waals surface area contributed by atoms with E-state index < -0.39 is 21.8 Å². The van der Waals surface area contributed by atoms with Gasteiger partial charge >= 0.3 is 4.87 Å². The van der Waals surface area contributed by atoms with Crippen LogP contribution in [0.5, 0.6) is 5.75 Å². The Morgan fingerprint density at radius 2 is 1.62 bits per heavy atom. The number of hydrogen-bond donors (Lipinski definition) is 3. The van der Waals surface area contributed by atoms with Crippen molar-refractivity contribution in [1.82, 2.24) is 4.98 Å². The van der Waals surface area contributed by atoms with Crippen molar-refractivity contribution in [2.24, 2.45) is 34.7 Å². The molecule has 4 aromatic rings. The van der Waals surface area contributed by atoms with E-state index in [9.17, 15) is 27.6 Å². The number of rotatable bonds is 7. The lowest BCUT2D eigenvalue weighted by molar-refractivity contribution is -0.123. The number of H-pyrrole nitrogens is 1. The number of benzene rings is 3. The number of amides is 3. The average molecular weight is 768 g/mol. The number of anilines is 2. The Labute approximate surface area is 291 Å². The standard InChI is InChI=1S/C33H27BrN4O7S3/c34-16-3-7-18(8-4-16)38-31(40)26-21-13-22(27(26)32(38)41)28-25(21)24(29-30(46-28)37-33(42)47-29)15-1-9-19(10-2-15)45-14-23(39)36-17-5-11-20(12-6-17)48(35,43)44/h1-12,21-22,24-28H,13-14H2,(H,36,39)(H,37,42)(H2,35,43,44)/t21?,22?,24-,25?,26?,27?,28?/m1/s1. The number of sulfonamides is 1. The van der Waals surface area contributed by atoms with Gasteiger partial charge in [0.2, 0.25) is 21.8 Å². The number of nitrogens with one attached hydrogen (secondary N) is 2. The van der Waals surface area contributed by atoms with E-state index in [0.717, 1.165) is 26.4 Å². The van der Waals surface area contributed by atoms with Crippen LogP contribution in [0.2, 0.25) is 0 Å². The molecule has 3 fully saturated rings. The lowest BCUT2D eigenvalue weighted by atomic mass is 9.68. The minimum absolute atomic E-state index is 0.0107. The van der Waals surface area contributed by atoms with Gasteiger partial charge in [-0.2, -0.15) is 0 Å². The molecule has 15 heteroatoms. The first kappa shape index (κ1) is 31.5. The van der Waals surface area contributed by atoms with Crippen molar-refractivity contribution in [3.05, 3.63) is 97.4 Å². The monoisotopic (exact) mass is 766 g/mol. The third-order valence-electron chi connectivity index (χ3n) is 9.88. The fourth-order valence-electron chi connectivity index (χ4n) is 8.08. The van der Waals surface area contributed by atoms with Crippen molar-refractivity contribution in [1.29, 1.82) is 0 Å². The number of fused-ring (bicyclic) bond motifs is 9. The molecule has 4 N–H and O–H groups in total. The number of primary sulfonamides is 1. The summed E-state index contributed by atoms with van der Waals surface area (Å²) in [6.45, 7) is -0.275. The van der Waals surface area contributed by atoms with Crippen molar-refractivity contribution in [3.63, 3.8) is 0 Å². The summed E-state index contributed by atoms with van der Waals surface area (Å²) in [5.41, 5.74) is 1.95. The Balaban J connectivity index is 1.02. The highest BCUT2D eigenvalue weighted by molar-refractivity contribution is 9.10. The first-order valence-corrected chi connectivity index (χ1v) is 19.2. The van der Waals surface area contributed by atoms with Gasteiger partial charge in [-0.05, 0) is 90.4 Å². The van der Waals surface area contributed by atoms with Crippen molar-refractivity contribution >= 4 is 78.1 Å². The molecule has 3 aromatic carbocycles. The van der Waals surface area contributed by atoms with Gasteiger partial charge in [-0.25, -0.2) is 13.6 Å². The van der Waals surface area contributed by atoms with Gasteiger partial charge in [-0.15, -0.1) is 11.8 Å². The van der Waals surface area contributed by atoms with Crippen LogP contribution in [0.4, 0.5) is 11.4 Å². The second-order valence-corrected chi connectivity index (χ2v) is 17.1. The number of halogens is 1. The van der Waals surface area contributed by atoms with Crippen LogP contribution in [0, 0.1) is 29.6 Å². The fourth-order valence-corrected chi connectivity index (χ4v) is 11.7. The summed E-state index contributed by atoms with van der Waals surface area (Å²) in [5.74, 6) is -1.09. The molecular weight excluding hydrogens is 740 g/mol. The quantitative estimate of drug-likeness (QED) is 0.231. The molecule has 8 rings (SSSR count). The van der Waals surface area contributed by atoms with E-state index in [0.29, 0.717) is 17.1 Å².